The predicted molar refractivity (Wildman–Crippen MR) is 93.4 cm³/mol. The van der Waals surface area contributed by atoms with Crippen LogP contribution in [0.2, 0.25) is 0 Å². The number of carbonyl (C=O) groups excluding carboxylic acids is 1. The Kier molecular flexibility index (Phi) is 5.56. The Morgan fingerprint density at radius 2 is 2.00 bits per heavy atom. The fourth-order valence-corrected chi connectivity index (χ4v) is 2.80. The molecular weight excluding hydrogens is 302 g/mol. The van der Waals surface area contributed by atoms with Gasteiger partial charge in [-0.25, -0.2) is 9.97 Å². The van der Waals surface area contributed by atoms with E-state index in [0.29, 0.717) is 19.1 Å². The lowest BCUT2D eigenvalue weighted by Gasteiger charge is -2.31. The summed E-state index contributed by atoms with van der Waals surface area (Å²) in [5.41, 5.74) is 1.10. The van der Waals surface area contributed by atoms with Gasteiger partial charge in [-0.3, -0.25) is 4.79 Å². The van der Waals surface area contributed by atoms with Crippen LogP contribution in [-0.4, -0.2) is 35.6 Å². The molecule has 1 aliphatic rings. The summed E-state index contributed by atoms with van der Waals surface area (Å²) in [5.74, 6) is 0.417. The molecule has 24 heavy (non-hydrogen) atoms. The molecule has 0 unspecified atom stereocenters. The van der Waals surface area contributed by atoms with Gasteiger partial charge in [0.1, 0.15) is 6.61 Å². The lowest BCUT2D eigenvalue weighted by atomic mass is 9.98. The zero-order valence-corrected chi connectivity index (χ0v) is 13.5. The SMILES string of the molecule is O=C(OC/C=C\c1ccccc1)[C@@H]1CCCN(c2ncccn2)C1. The molecule has 2 aromatic rings. The number of esters is 1. The van der Waals surface area contributed by atoms with E-state index in [2.05, 4.69) is 14.9 Å². The summed E-state index contributed by atoms with van der Waals surface area (Å²) in [6, 6.07) is 11.7. The maximum Gasteiger partial charge on any atom is 0.311 e. The van der Waals surface area contributed by atoms with E-state index in [9.17, 15) is 4.79 Å². The number of ether oxygens (including phenoxy) is 1. The molecule has 0 spiro atoms. The molecule has 3 rings (SSSR count). The molecule has 0 amide bonds. The van der Waals surface area contributed by atoms with Crippen LogP contribution < -0.4 is 4.90 Å². The molecule has 1 saturated heterocycles. The molecule has 1 aliphatic heterocycles. The van der Waals surface area contributed by atoms with Crippen molar-refractivity contribution in [3.8, 4) is 0 Å². The zero-order chi connectivity index (χ0) is 16.6. The second-order valence-electron chi connectivity index (χ2n) is 5.78. The zero-order valence-electron chi connectivity index (χ0n) is 13.5. The van der Waals surface area contributed by atoms with Gasteiger partial charge in [0.15, 0.2) is 0 Å². The molecule has 1 fully saturated rings. The lowest BCUT2D eigenvalue weighted by Crippen LogP contribution is -2.40. The fraction of sp³-hybridized carbons (Fsp3) is 0.316. The van der Waals surface area contributed by atoms with Gasteiger partial charge in [-0.15, -0.1) is 0 Å². The van der Waals surface area contributed by atoms with Crippen molar-refractivity contribution in [3.05, 3.63) is 60.4 Å². The first-order valence-electron chi connectivity index (χ1n) is 8.23. The molecule has 5 heteroatoms. The van der Waals surface area contributed by atoms with Crippen molar-refractivity contribution in [2.24, 2.45) is 5.92 Å². The maximum absolute atomic E-state index is 12.3. The van der Waals surface area contributed by atoms with Gasteiger partial charge in [-0.05, 0) is 30.5 Å². The number of benzene rings is 1. The first-order chi connectivity index (χ1) is 11.8. The second kappa shape index (κ2) is 8.24. The number of hydrogen-bond acceptors (Lipinski definition) is 5. The van der Waals surface area contributed by atoms with Gasteiger partial charge < -0.3 is 9.64 Å². The van der Waals surface area contributed by atoms with Gasteiger partial charge in [0, 0.05) is 25.5 Å². The van der Waals surface area contributed by atoms with Crippen LogP contribution in [0.1, 0.15) is 18.4 Å². The van der Waals surface area contributed by atoms with Crippen LogP contribution in [-0.2, 0) is 9.53 Å². The van der Waals surface area contributed by atoms with Crippen molar-refractivity contribution < 1.29 is 9.53 Å². The van der Waals surface area contributed by atoms with E-state index in [1.165, 1.54) is 0 Å². The van der Waals surface area contributed by atoms with E-state index in [4.69, 9.17) is 4.74 Å². The van der Waals surface area contributed by atoms with Crippen LogP contribution in [0.25, 0.3) is 6.08 Å². The molecule has 0 bridgehead atoms. The summed E-state index contributed by atoms with van der Waals surface area (Å²) in [5, 5.41) is 0. The number of rotatable bonds is 5. The van der Waals surface area contributed by atoms with E-state index in [-0.39, 0.29) is 11.9 Å². The quantitative estimate of drug-likeness (QED) is 0.792. The highest BCUT2D eigenvalue weighted by Crippen LogP contribution is 2.21. The van der Waals surface area contributed by atoms with E-state index < -0.39 is 0 Å². The highest BCUT2D eigenvalue weighted by Gasteiger charge is 2.27. The fourth-order valence-electron chi connectivity index (χ4n) is 2.80. The highest BCUT2D eigenvalue weighted by molar-refractivity contribution is 5.73. The van der Waals surface area contributed by atoms with Gasteiger partial charge in [0.2, 0.25) is 5.95 Å². The average molecular weight is 323 g/mol. The van der Waals surface area contributed by atoms with Crippen molar-refractivity contribution in [1.29, 1.82) is 0 Å². The van der Waals surface area contributed by atoms with Crippen LogP contribution in [0, 0.1) is 5.92 Å². The highest BCUT2D eigenvalue weighted by atomic mass is 16.5. The minimum Gasteiger partial charge on any atom is -0.461 e. The van der Waals surface area contributed by atoms with Gasteiger partial charge in [0.05, 0.1) is 5.92 Å². The molecule has 0 radical (unpaired) electrons. The van der Waals surface area contributed by atoms with Crippen molar-refractivity contribution in [3.63, 3.8) is 0 Å². The van der Waals surface area contributed by atoms with Crippen molar-refractivity contribution in [2.75, 3.05) is 24.6 Å². The summed E-state index contributed by atoms with van der Waals surface area (Å²) in [6.07, 6.45) is 9.06. The number of anilines is 1. The monoisotopic (exact) mass is 323 g/mol. The van der Waals surface area contributed by atoms with Crippen LogP contribution in [0.4, 0.5) is 5.95 Å². The number of hydrogen-bond donors (Lipinski definition) is 0. The Balaban J connectivity index is 1.49. The summed E-state index contributed by atoms with van der Waals surface area (Å²) in [4.78, 5) is 22.8. The number of carbonyl (C=O) groups is 1. The van der Waals surface area contributed by atoms with Crippen LogP contribution >= 0.6 is 0 Å². The first kappa shape index (κ1) is 16.2. The third-order valence-corrected chi connectivity index (χ3v) is 4.02. The summed E-state index contributed by atoms with van der Waals surface area (Å²) >= 11 is 0. The number of piperidine rings is 1. The first-order valence-corrected chi connectivity index (χ1v) is 8.23. The minimum atomic E-state index is -0.145. The normalized spacial score (nSPS) is 17.8. The average Bonchev–Trinajstić information content (AvgIpc) is 2.67. The number of aromatic nitrogens is 2. The van der Waals surface area contributed by atoms with Crippen LogP contribution in [0.5, 0.6) is 0 Å². The molecule has 1 aromatic carbocycles. The van der Waals surface area contributed by atoms with Crippen LogP contribution in [0.15, 0.2) is 54.9 Å². The van der Waals surface area contributed by atoms with Gasteiger partial charge >= 0.3 is 5.97 Å². The summed E-state index contributed by atoms with van der Waals surface area (Å²) in [7, 11) is 0. The minimum absolute atomic E-state index is 0.118. The Bertz CT molecular complexity index is 674. The van der Waals surface area contributed by atoms with Crippen molar-refractivity contribution >= 4 is 18.0 Å². The largest absolute Gasteiger partial charge is 0.461 e. The third-order valence-electron chi connectivity index (χ3n) is 4.02. The third kappa shape index (κ3) is 4.41. The Hall–Kier alpha value is -2.69. The number of nitrogens with zero attached hydrogens (tertiary/aromatic N) is 3. The Labute approximate surface area is 142 Å². The van der Waals surface area contributed by atoms with Crippen LogP contribution in [0.3, 0.4) is 0 Å². The molecule has 0 N–H and O–H groups in total. The smallest absolute Gasteiger partial charge is 0.311 e. The molecular formula is C19H21N3O2. The maximum atomic E-state index is 12.3. The molecule has 1 atom stereocenters. The molecule has 2 heterocycles. The summed E-state index contributed by atoms with van der Waals surface area (Å²) < 4.78 is 5.39. The van der Waals surface area contributed by atoms with Gasteiger partial charge in [-0.1, -0.05) is 36.4 Å². The van der Waals surface area contributed by atoms with Gasteiger partial charge in [0.25, 0.3) is 0 Å². The molecule has 0 aliphatic carbocycles. The predicted octanol–water partition coefficient (Wildman–Crippen LogP) is 2.95. The van der Waals surface area contributed by atoms with E-state index in [0.717, 1.165) is 24.9 Å². The van der Waals surface area contributed by atoms with E-state index >= 15 is 0 Å². The Morgan fingerprint density at radius 1 is 1.21 bits per heavy atom. The van der Waals surface area contributed by atoms with Crippen molar-refractivity contribution in [1.82, 2.24) is 9.97 Å². The lowest BCUT2D eigenvalue weighted by molar-refractivity contribution is -0.147. The molecule has 0 saturated carbocycles. The summed E-state index contributed by atoms with van der Waals surface area (Å²) in [6.45, 7) is 1.79. The topological polar surface area (TPSA) is 55.3 Å². The Morgan fingerprint density at radius 3 is 2.79 bits per heavy atom. The van der Waals surface area contributed by atoms with E-state index in [1.54, 1.807) is 18.5 Å². The molecule has 5 nitrogen and oxygen atoms in total. The second-order valence-corrected chi connectivity index (χ2v) is 5.78. The van der Waals surface area contributed by atoms with Gasteiger partial charge in [-0.2, -0.15) is 0 Å². The van der Waals surface area contributed by atoms with Crippen molar-refractivity contribution in [2.45, 2.75) is 12.8 Å². The van der Waals surface area contributed by atoms with E-state index in [1.807, 2.05) is 42.5 Å². The molecule has 1 aromatic heterocycles. The standard InChI is InChI=1S/C19H21N3O2/c23-18(24-14-5-9-16-7-2-1-3-8-16)17-10-4-13-22(15-17)19-20-11-6-12-21-19/h1-3,5-9,11-12,17H,4,10,13-15H2/b9-5-/t17-/m1/s1. The molecule has 124 valence electrons.